The molecule has 0 aromatic heterocycles. The lowest BCUT2D eigenvalue weighted by Gasteiger charge is -2.23. The summed E-state index contributed by atoms with van der Waals surface area (Å²) in [5, 5.41) is 14.1. The van der Waals surface area contributed by atoms with Gasteiger partial charge in [0.1, 0.15) is 0 Å². The Morgan fingerprint density at radius 3 is 2.35 bits per heavy atom. The van der Waals surface area contributed by atoms with E-state index in [1.165, 1.54) is 0 Å². The van der Waals surface area contributed by atoms with Crippen molar-refractivity contribution in [3.05, 3.63) is 0 Å². The quantitative estimate of drug-likeness (QED) is 0.679. The van der Waals surface area contributed by atoms with Crippen molar-refractivity contribution in [1.29, 1.82) is 0 Å². The van der Waals surface area contributed by atoms with Crippen LogP contribution in [0.15, 0.2) is 0 Å². The molecule has 0 unspecified atom stereocenters. The van der Waals surface area contributed by atoms with Gasteiger partial charge in [-0.15, -0.1) is 0 Å². The Hall–Kier alpha value is -1.31. The zero-order valence-corrected chi connectivity index (χ0v) is 12.8. The van der Waals surface area contributed by atoms with Gasteiger partial charge in [-0.3, -0.25) is 4.79 Å². The van der Waals surface area contributed by atoms with Crippen LogP contribution in [0.4, 0.5) is 4.79 Å². The van der Waals surface area contributed by atoms with E-state index in [4.69, 9.17) is 5.11 Å². The summed E-state index contributed by atoms with van der Waals surface area (Å²) < 4.78 is 21.9. The Kier molecular flexibility index (Phi) is 5.01. The third kappa shape index (κ3) is 4.36. The van der Waals surface area contributed by atoms with Crippen LogP contribution in [0.5, 0.6) is 0 Å². The van der Waals surface area contributed by atoms with Gasteiger partial charge < -0.3 is 15.7 Å². The lowest BCUT2D eigenvalue weighted by molar-refractivity contribution is -0.141. The molecule has 0 heterocycles. The molecule has 0 saturated heterocycles. The Balaban J connectivity index is 2.41. The smallest absolute Gasteiger partial charge is 0.315 e. The van der Waals surface area contributed by atoms with E-state index in [0.29, 0.717) is 19.3 Å². The van der Waals surface area contributed by atoms with Gasteiger partial charge in [0.2, 0.25) is 0 Å². The molecule has 2 atom stereocenters. The summed E-state index contributed by atoms with van der Waals surface area (Å²) in [5.74, 6) is -1.25. The molecule has 7 nitrogen and oxygen atoms in total. The lowest BCUT2D eigenvalue weighted by atomic mass is 10.1. The molecule has 1 aliphatic rings. The summed E-state index contributed by atoms with van der Waals surface area (Å²) >= 11 is 0. The van der Waals surface area contributed by atoms with Crippen molar-refractivity contribution in [2.75, 3.05) is 12.8 Å². The van der Waals surface area contributed by atoms with Gasteiger partial charge in [-0.1, -0.05) is 0 Å². The first-order chi connectivity index (χ1) is 9.03. The van der Waals surface area contributed by atoms with Crippen LogP contribution < -0.4 is 10.6 Å². The number of nitrogens with one attached hydrogen (secondary N) is 2. The number of hydrogen-bond donors (Lipinski definition) is 3. The van der Waals surface area contributed by atoms with Crippen molar-refractivity contribution >= 4 is 21.8 Å². The number of carbonyl (C=O) groups excluding carboxylic acids is 1. The first-order valence-electron chi connectivity index (χ1n) is 6.50. The minimum Gasteiger partial charge on any atom is -0.481 e. The van der Waals surface area contributed by atoms with E-state index in [-0.39, 0.29) is 12.6 Å². The second-order valence-electron chi connectivity index (χ2n) is 5.90. The normalized spacial score (nSPS) is 23.4. The van der Waals surface area contributed by atoms with E-state index >= 15 is 0 Å². The van der Waals surface area contributed by atoms with Crippen molar-refractivity contribution < 1.29 is 23.1 Å². The van der Waals surface area contributed by atoms with Crippen molar-refractivity contribution in [1.82, 2.24) is 10.6 Å². The zero-order chi connectivity index (χ0) is 15.6. The van der Waals surface area contributed by atoms with Gasteiger partial charge in [-0.25, -0.2) is 13.2 Å². The maximum atomic E-state index is 11.7. The lowest BCUT2D eigenvalue weighted by Crippen LogP contribution is -2.48. The van der Waals surface area contributed by atoms with Crippen LogP contribution in [-0.4, -0.2) is 49.1 Å². The van der Waals surface area contributed by atoms with Crippen LogP contribution >= 0.6 is 0 Å². The number of rotatable bonds is 5. The summed E-state index contributed by atoms with van der Waals surface area (Å²) in [6, 6.07) is -0.629. The molecule has 1 rings (SSSR count). The van der Waals surface area contributed by atoms with Gasteiger partial charge in [-0.05, 0) is 33.1 Å². The average Bonchev–Trinajstić information content (AvgIpc) is 2.73. The molecule has 3 N–H and O–H groups in total. The molecule has 116 valence electrons. The van der Waals surface area contributed by atoms with Crippen LogP contribution in [-0.2, 0) is 14.6 Å². The van der Waals surface area contributed by atoms with Crippen LogP contribution in [0, 0.1) is 5.92 Å². The number of sulfone groups is 1. The van der Waals surface area contributed by atoms with Crippen molar-refractivity contribution in [2.45, 2.75) is 43.9 Å². The molecule has 8 heteroatoms. The summed E-state index contributed by atoms with van der Waals surface area (Å²) in [6.07, 6.45) is 2.72. The average molecular weight is 306 g/mol. The van der Waals surface area contributed by atoms with E-state index in [0.717, 1.165) is 6.26 Å². The monoisotopic (exact) mass is 306 g/mol. The highest BCUT2D eigenvalue weighted by Gasteiger charge is 2.32. The number of hydrogen-bond acceptors (Lipinski definition) is 4. The Morgan fingerprint density at radius 2 is 1.90 bits per heavy atom. The van der Waals surface area contributed by atoms with E-state index in [1.807, 2.05) is 0 Å². The molecule has 1 fully saturated rings. The Morgan fingerprint density at radius 1 is 1.30 bits per heavy atom. The topological polar surface area (TPSA) is 113 Å². The Bertz CT molecular complexity index is 486. The van der Waals surface area contributed by atoms with E-state index in [2.05, 4.69) is 10.6 Å². The fourth-order valence-corrected chi connectivity index (χ4v) is 2.33. The molecule has 0 radical (unpaired) electrons. The first kappa shape index (κ1) is 16.7. The van der Waals surface area contributed by atoms with Crippen LogP contribution in [0.25, 0.3) is 0 Å². The van der Waals surface area contributed by atoms with Crippen LogP contribution in [0.2, 0.25) is 0 Å². The molecule has 1 saturated carbocycles. The van der Waals surface area contributed by atoms with Gasteiger partial charge >= 0.3 is 12.0 Å². The van der Waals surface area contributed by atoms with Crippen molar-refractivity contribution in [2.24, 2.45) is 5.92 Å². The summed E-state index contributed by atoms with van der Waals surface area (Å²) in [4.78, 5) is 22.5. The third-order valence-corrected chi connectivity index (χ3v) is 5.95. The maximum Gasteiger partial charge on any atom is 0.315 e. The van der Waals surface area contributed by atoms with Gasteiger partial charge in [-0.2, -0.15) is 0 Å². The molecule has 0 aromatic rings. The first-order valence-corrected chi connectivity index (χ1v) is 8.39. The van der Waals surface area contributed by atoms with E-state index < -0.39 is 32.5 Å². The fraction of sp³-hybridized carbons (Fsp3) is 0.833. The van der Waals surface area contributed by atoms with Crippen molar-refractivity contribution in [3.8, 4) is 0 Å². The van der Waals surface area contributed by atoms with E-state index in [1.54, 1.807) is 13.8 Å². The molecular formula is C12H22N2O5S. The molecular weight excluding hydrogens is 284 g/mol. The molecule has 0 aromatic carbocycles. The number of amides is 2. The highest BCUT2D eigenvalue weighted by molar-refractivity contribution is 7.92. The molecule has 1 aliphatic carbocycles. The van der Waals surface area contributed by atoms with Gasteiger partial charge in [0.25, 0.3) is 0 Å². The van der Waals surface area contributed by atoms with Gasteiger partial charge in [0.05, 0.1) is 10.7 Å². The number of aliphatic carboxylic acids is 1. The Labute approximate surface area is 119 Å². The summed E-state index contributed by atoms with van der Waals surface area (Å²) in [5.41, 5.74) is 0. The standard InChI is InChI=1S/C12H22N2O5S/c1-12(2,20(3,18)19)7-13-11(17)14-9-5-4-8(6-9)10(15)16/h8-9H,4-7H2,1-3H3,(H,15,16)(H2,13,14,17)/t8-,9+/m1/s1. The number of carboxylic acid groups (broad SMARTS) is 1. The van der Waals surface area contributed by atoms with Gasteiger partial charge in [0, 0.05) is 18.8 Å². The molecule has 0 aliphatic heterocycles. The highest BCUT2D eigenvalue weighted by Crippen LogP contribution is 2.25. The number of urea groups is 1. The fourth-order valence-electron chi connectivity index (χ4n) is 2.00. The van der Waals surface area contributed by atoms with Gasteiger partial charge in [0.15, 0.2) is 9.84 Å². The van der Waals surface area contributed by atoms with Crippen LogP contribution in [0.3, 0.4) is 0 Å². The largest absolute Gasteiger partial charge is 0.481 e. The maximum absolute atomic E-state index is 11.7. The summed E-state index contributed by atoms with van der Waals surface area (Å²) in [7, 11) is -3.27. The second-order valence-corrected chi connectivity index (χ2v) is 8.55. The predicted molar refractivity (Wildman–Crippen MR) is 74.2 cm³/mol. The second kappa shape index (κ2) is 5.99. The summed E-state index contributed by atoms with van der Waals surface area (Å²) in [6.45, 7) is 3.09. The molecule has 20 heavy (non-hydrogen) atoms. The third-order valence-electron chi connectivity index (χ3n) is 3.80. The number of carboxylic acids is 1. The van der Waals surface area contributed by atoms with E-state index in [9.17, 15) is 18.0 Å². The minimum atomic E-state index is -3.27. The SMILES string of the molecule is CC(C)(CNC(=O)N[C@H]1CC[C@@H](C(=O)O)C1)S(C)(=O)=O. The molecule has 0 bridgehead atoms. The van der Waals surface area contributed by atoms with Crippen molar-refractivity contribution in [3.63, 3.8) is 0 Å². The van der Waals surface area contributed by atoms with Crippen LogP contribution in [0.1, 0.15) is 33.1 Å². The molecule has 0 spiro atoms. The predicted octanol–water partition coefficient (Wildman–Crippen LogP) is 0.362. The minimum absolute atomic E-state index is 0.00669. The zero-order valence-electron chi connectivity index (χ0n) is 12.0. The highest BCUT2D eigenvalue weighted by atomic mass is 32.2. The molecule has 2 amide bonds. The number of carbonyl (C=O) groups is 2.